The highest BCUT2D eigenvalue weighted by Crippen LogP contribution is 2.73. The maximum absolute atomic E-state index is 5.81. The normalized spacial score (nSPS) is 39.4. The van der Waals surface area contributed by atoms with E-state index in [0.29, 0.717) is 16.2 Å². The average molecular weight is 502 g/mol. The smallest absolute Gasteiger partial charge is 0.0620 e. The monoisotopic (exact) mass is 501 g/mol. The summed E-state index contributed by atoms with van der Waals surface area (Å²) < 4.78 is 5.81. The Labute approximate surface area is 227 Å². The summed E-state index contributed by atoms with van der Waals surface area (Å²) in [6, 6.07) is 10.9. The molecule has 37 heavy (non-hydrogen) atoms. The summed E-state index contributed by atoms with van der Waals surface area (Å²) in [5, 5.41) is 0. The van der Waals surface area contributed by atoms with E-state index in [0.717, 1.165) is 24.9 Å². The molecule has 0 saturated heterocycles. The molecule has 4 aliphatic rings. The van der Waals surface area contributed by atoms with Crippen molar-refractivity contribution >= 4 is 6.21 Å². The van der Waals surface area contributed by atoms with Gasteiger partial charge in [0.15, 0.2) is 0 Å². The SMILES string of the molecule is CC=N/C(=C\CCCCc1ccccc1)C1=C[C@]23CCC4[C@](C)(COC)CCC[C@@]4(C)C2CC[C@@]1(C)C3. The van der Waals surface area contributed by atoms with Crippen molar-refractivity contribution in [2.24, 2.45) is 38.5 Å². The van der Waals surface area contributed by atoms with Crippen LogP contribution < -0.4 is 0 Å². The lowest BCUT2D eigenvalue weighted by atomic mass is 9.40. The van der Waals surface area contributed by atoms with Crippen molar-refractivity contribution in [1.82, 2.24) is 0 Å². The molecule has 0 amide bonds. The highest BCUT2D eigenvalue weighted by molar-refractivity contribution is 5.58. The molecule has 202 valence electrons. The van der Waals surface area contributed by atoms with Gasteiger partial charge in [-0.3, -0.25) is 4.99 Å². The van der Waals surface area contributed by atoms with Crippen molar-refractivity contribution in [2.75, 3.05) is 13.7 Å². The van der Waals surface area contributed by atoms with Crippen LogP contribution in [0.2, 0.25) is 0 Å². The van der Waals surface area contributed by atoms with E-state index in [1.54, 1.807) is 5.57 Å². The van der Waals surface area contributed by atoms with Gasteiger partial charge in [0.2, 0.25) is 0 Å². The molecule has 0 aromatic heterocycles. The van der Waals surface area contributed by atoms with Gasteiger partial charge in [0.05, 0.1) is 12.3 Å². The van der Waals surface area contributed by atoms with E-state index in [2.05, 4.69) is 70.2 Å². The van der Waals surface area contributed by atoms with Crippen LogP contribution >= 0.6 is 0 Å². The Kier molecular flexibility index (Phi) is 7.62. The molecule has 4 aliphatic carbocycles. The molecule has 2 unspecified atom stereocenters. The number of nitrogens with zero attached hydrogens (tertiary/aromatic N) is 1. The Hall–Kier alpha value is -1.67. The molecule has 2 nitrogen and oxygen atoms in total. The van der Waals surface area contributed by atoms with Crippen molar-refractivity contribution in [3.8, 4) is 0 Å². The highest BCUT2D eigenvalue weighted by Gasteiger charge is 2.65. The lowest BCUT2D eigenvalue weighted by Crippen LogP contribution is -2.57. The average Bonchev–Trinajstić information content (AvgIpc) is 3.08. The van der Waals surface area contributed by atoms with Crippen molar-refractivity contribution in [3.63, 3.8) is 0 Å². The molecule has 0 radical (unpaired) electrons. The van der Waals surface area contributed by atoms with Crippen LogP contribution in [0.4, 0.5) is 0 Å². The zero-order chi connectivity index (χ0) is 26.2. The van der Waals surface area contributed by atoms with E-state index in [-0.39, 0.29) is 5.41 Å². The van der Waals surface area contributed by atoms with Crippen LogP contribution in [0.25, 0.3) is 0 Å². The Morgan fingerprint density at radius 3 is 2.54 bits per heavy atom. The zero-order valence-electron chi connectivity index (χ0n) is 24.3. The van der Waals surface area contributed by atoms with Crippen molar-refractivity contribution in [1.29, 1.82) is 0 Å². The number of methoxy groups -OCH3 is 1. The molecule has 1 aromatic carbocycles. The summed E-state index contributed by atoms with van der Waals surface area (Å²) >= 11 is 0. The molecule has 3 fully saturated rings. The minimum atomic E-state index is 0.284. The molecule has 0 N–H and O–H groups in total. The number of rotatable bonds is 9. The molecule has 5 rings (SSSR count). The van der Waals surface area contributed by atoms with E-state index >= 15 is 0 Å². The third-order valence-corrected chi connectivity index (χ3v) is 11.4. The number of ether oxygens (including phenoxy) is 1. The summed E-state index contributed by atoms with van der Waals surface area (Å²) in [5.41, 5.74) is 5.74. The van der Waals surface area contributed by atoms with Crippen LogP contribution in [-0.4, -0.2) is 19.9 Å². The number of hydrogen-bond acceptors (Lipinski definition) is 2. The fourth-order valence-electron chi connectivity index (χ4n) is 9.99. The number of unbranched alkanes of at least 4 members (excludes halogenated alkanes) is 2. The second-order valence-corrected chi connectivity index (χ2v) is 13.9. The number of aliphatic imine (C=N–C) groups is 1. The van der Waals surface area contributed by atoms with Gasteiger partial charge in [-0.2, -0.15) is 0 Å². The van der Waals surface area contributed by atoms with Gasteiger partial charge in [0.1, 0.15) is 0 Å². The van der Waals surface area contributed by atoms with Gasteiger partial charge in [-0.25, -0.2) is 0 Å². The number of aryl methyl sites for hydroxylation is 1. The summed E-state index contributed by atoms with van der Waals surface area (Å²) in [6.07, 6.45) is 22.9. The minimum absolute atomic E-state index is 0.284. The van der Waals surface area contributed by atoms with Gasteiger partial charge in [-0.15, -0.1) is 0 Å². The molecule has 3 saturated carbocycles. The largest absolute Gasteiger partial charge is 0.384 e. The Bertz CT molecular complexity index is 1030. The van der Waals surface area contributed by atoms with Gasteiger partial charge in [-0.1, -0.05) is 69.7 Å². The number of benzene rings is 1. The zero-order valence-corrected chi connectivity index (χ0v) is 24.3. The first-order valence-corrected chi connectivity index (χ1v) is 15.2. The first-order valence-electron chi connectivity index (χ1n) is 15.2. The van der Waals surface area contributed by atoms with Gasteiger partial charge in [-0.05, 0) is 122 Å². The van der Waals surface area contributed by atoms with Crippen molar-refractivity contribution in [2.45, 2.75) is 105 Å². The van der Waals surface area contributed by atoms with E-state index in [9.17, 15) is 0 Å². The molecule has 2 bridgehead atoms. The molecule has 1 aromatic rings. The second kappa shape index (κ2) is 10.5. The topological polar surface area (TPSA) is 21.6 Å². The molecule has 6 atom stereocenters. The first-order chi connectivity index (χ1) is 17.8. The number of fused-ring (bicyclic) bond motifs is 3. The summed E-state index contributed by atoms with van der Waals surface area (Å²) in [5.74, 6) is 1.60. The predicted molar refractivity (Wildman–Crippen MR) is 157 cm³/mol. The van der Waals surface area contributed by atoms with Crippen LogP contribution in [0.5, 0.6) is 0 Å². The second-order valence-electron chi connectivity index (χ2n) is 13.9. The maximum Gasteiger partial charge on any atom is 0.0620 e. The van der Waals surface area contributed by atoms with Gasteiger partial charge in [0, 0.05) is 13.3 Å². The maximum atomic E-state index is 5.81. The van der Waals surface area contributed by atoms with Gasteiger partial charge in [0.25, 0.3) is 0 Å². The Morgan fingerprint density at radius 1 is 1.00 bits per heavy atom. The van der Waals surface area contributed by atoms with Crippen LogP contribution in [0.15, 0.2) is 58.7 Å². The first kappa shape index (κ1) is 26.9. The lowest BCUT2D eigenvalue weighted by molar-refractivity contribution is -0.157. The van der Waals surface area contributed by atoms with Gasteiger partial charge < -0.3 is 4.74 Å². The molecule has 2 heteroatoms. The van der Waals surface area contributed by atoms with Crippen molar-refractivity contribution < 1.29 is 4.74 Å². The molecule has 1 spiro atoms. The summed E-state index contributed by atoms with van der Waals surface area (Å²) in [7, 11) is 1.91. The molecule has 0 aliphatic heterocycles. The lowest BCUT2D eigenvalue weighted by Gasteiger charge is -2.64. The highest BCUT2D eigenvalue weighted by atomic mass is 16.5. The van der Waals surface area contributed by atoms with Crippen LogP contribution in [0, 0.1) is 33.5 Å². The minimum Gasteiger partial charge on any atom is -0.384 e. The Morgan fingerprint density at radius 2 is 1.78 bits per heavy atom. The molecule has 0 heterocycles. The van der Waals surface area contributed by atoms with Crippen LogP contribution in [0.1, 0.15) is 104 Å². The standard InChI is InChI=1S/C35H51NO/c1-6-36-29(17-12-8-11-16-27-14-9-7-10-15-27)28-24-35-23-19-30-33(3,26-37-5)20-13-21-34(30,4)31(35)18-22-32(28,2)25-35/h6-7,9-10,14-15,17,24,30-31H,8,11-13,16,18-23,25-26H2,1-5H3/b29-17-,36-6?/t30?,31?,32-,33-,34+,35-/m0/s1. The molecular weight excluding hydrogens is 450 g/mol. The van der Waals surface area contributed by atoms with E-state index in [1.165, 1.54) is 81.9 Å². The number of hydrogen-bond donors (Lipinski definition) is 0. The van der Waals surface area contributed by atoms with E-state index in [4.69, 9.17) is 9.73 Å². The molecular formula is C35H51NO. The van der Waals surface area contributed by atoms with Gasteiger partial charge >= 0.3 is 0 Å². The number of allylic oxidation sites excluding steroid dienone is 3. The van der Waals surface area contributed by atoms with Crippen LogP contribution in [-0.2, 0) is 11.2 Å². The fraction of sp³-hybridized carbons (Fsp3) is 0.686. The van der Waals surface area contributed by atoms with Crippen LogP contribution in [0.3, 0.4) is 0 Å². The van der Waals surface area contributed by atoms with E-state index < -0.39 is 0 Å². The summed E-state index contributed by atoms with van der Waals surface area (Å²) in [4.78, 5) is 5.00. The predicted octanol–water partition coefficient (Wildman–Crippen LogP) is 9.36. The third-order valence-electron chi connectivity index (χ3n) is 11.4. The Balaban J connectivity index is 1.36. The quantitative estimate of drug-likeness (QED) is 0.244. The van der Waals surface area contributed by atoms with Crippen molar-refractivity contribution in [3.05, 3.63) is 59.3 Å². The summed E-state index contributed by atoms with van der Waals surface area (Å²) in [6.45, 7) is 10.8. The third kappa shape index (κ3) is 4.81. The van der Waals surface area contributed by atoms with E-state index in [1.807, 2.05) is 13.3 Å². The fourth-order valence-corrected chi connectivity index (χ4v) is 9.99.